The van der Waals surface area contributed by atoms with Gasteiger partial charge >= 0.3 is 11.7 Å². The molecule has 0 bridgehead atoms. The number of fused-ring (bicyclic) bond motifs is 1. The van der Waals surface area contributed by atoms with Crippen LogP contribution in [-0.4, -0.2) is 83.9 Å². The molecule has 47 heavy (non-hydrogen) atoms. The third kappa shape index (κ3) is 11.0. The first-order chi connectivity index (χ1) is 22.0. The second-order valence-electron chi connectivity index (χ2n) is 12.3. The zero-order valence-electron chi connectivity index (χ0n) is 27.3. The Labute approximate surface area is 272 Å². The van der Waals surface area contributed by atoms with Gasteiger partial charge in [-0.2, -0.15) is 0 Å². The van der Waals surface area contributed by atoms with E-state index < -0.39 is 65.6 Å². The second kappa shape index (κ2) is 15.9. The number of hydrogen-bond acceptors (Lipinski definition) is 9. The van der Waals surface area contributed by atoms with Crippen LogP contribution in [0.1, 0.15) is 58.9 Å². The highest BCUT2D eigenvalue weighted by Crippen LogP contribution is 2.22. The molecule has 1 fully saturated rings. The number of ether oxygens (including phenoxy) is 1. The van der Waals surface area contributed by atoms with E-state index in [0.717, 1.165) is 5.56 Å². The second-order valence-corrected chi connectivity index (χ2v) is 12.3. The lowest BCUT2D eigenvalue weighted by molar-refractivity contribution is -0.139. The lowest BCUT2D eigenvalue weighted by atomic mass is 10.1. The monoisotopic (exact) mass is 656 g/mol. The summed E-state index contributed by atoms with van der Waals surface area (Å²) in [5, 5.41) is 11.1. The SMILES string of the molecule is Cc1cc(=O)oc2cc(NC(=O)C(CCCN=C(N)N)NC(=O)C3CCCN3C(=O)CNC(=O)C(C)NC(=O)OC(C)(C)C)ccc12. The van der Waals surface area contributed by atoms with Crippen LogP contribution in [0, 0.1) is 6.92 Å². The molecule has 1 aromatic heterocycles. The van der Waals surface area contributed by atoms with Crippen LogP contribution < -0.4 is 38.4 Å². The van der Waals surface area contributed by atoms with Crippen molar-refractivity contribution in [2.24, 2.45) is 16.5 Å². The minimum atomic E-state index is -1.02. The molecule has 5 amide bonds. The van der Waals surface area contributed by atoms with E-state index >= 15 is 0 Å². The number of likely N-dealkylation sites (tertiary alicyclic amines) is 1. The van der Waals surface area contributed by atoms with Crippen molar-refractivity contribution < 1.29 is 33.1 Å². The summed E-state index contributed by atoms with van der Waals surface area (Å²) in [5.41, 5.74) is 10.9. The van der Waals surface area contributed by atoms with Gasteiger partial charge in [0.25, 0.3) is 0 Å². The van der Waals surface area contributed by atoms with Gasteiger partial charge in [0.2, 0.25) is 23.6 Å². The van der Waals surface area contributed by atoms with E-state index in [1.807, 2.05) is 0 Å². The molecule has 0 spiro atoms. The Bertz CT molecular complexity index is 1580. The van der Waals surface area contributed by atoms with Crippen LogP contribution in [0.5, 0.6) is 0 Å². The summed E-state index contributed by atoms with van der Waals surface area (Å²) in [6.45, 7) is 8.38. The van der Waals surface area contributed by atoms with Crippen molar-refractivity contribution in [1.82, 2.24) is 20.9 Å². The molecule has 256 valence electrons. The van der Waals surface area contributed by atoms with E-state index in [0.29, 0.717) is 35.9 Å². The molecule has 1 aliphatic rings. The molecule has 0 aliphatic carbocycles. The van der Waals surface area contributed by atoms with Crippen LogP contribution in [0.15, 0.2) is 38.5 Å². The summed E-state index contributed by atoms with van der Waals surface area (Å²) in [6.07, 6.45) is 0.652. The number of carbonyl (C=O) groups excluding carboxylic acids is 5. The van der Waals surface area contributed by atoms with Gasteiger partial charge in [-0.05, 0) is 78.0 Å². The number of aryl methyl sites for hydroxylation is 1. The van der Waals surface area contributed by atoms with Crippen LogP contribution in [0.2, 0.25) is 0 Å². The number of carbonyl (C=O) groups is 5. The fraction of sp³-hybridized carbons (Fsp3) is 0.516. The average Bonchev–Trinajstić information content (AvgIpc) is 3.46. The summed E-state index contributed by atoms with van der Waals surface area (Å²) >= 11 is 0. The van der Waals surface area contributed by atoms with Crippen LogP contribution in [0.25, 0.3) is 11.0 Å². The Morgan fingerprint density at radius 2 is 1.83 bits per heavy atom. The fourth-order valence-electron chi connectivity index (χ4n) is 4.98. The van der Waals surface area contributed by atoms with Crippen LogP contribution in [-0.2, 0) is 23.9 Å². The van der Waals surface area contributed by atoms with Crippen molar-refractivity contribution in [3.63, 3.8) is 0 Å². The number of guanidine groups is 1. The number of nitrogens with two attached hydrogens (primary N) is 2. The quantitative estimate of drug-likeness (QED) is 0.0804. The normalized spacial score (nSPS) is 15.7. The highest BCUT2D eigenvalue weighted by Gasteiger charge is 2.36. The van der Waals surface area contributed by atoms with Crippen molar-refractivity contribution in [2.75, 3.05) is 25.0 Å². The molecule has 3 atom stereocenters. The standard InChI is InChI=1S/C31H44N8O8/c1-17-14-25(41)46-23-15-19(10-11-20(17)23)37-27(43)21(8-6-12-34-29(32)33)38-28(44)22-9-7-13-39(22)24(40)16-35-26(42)18(2)36-30(45)47-31(3,4)5/h10-11,14-15,18,21-22H,6-9,12-13,16H2,1-5H3,(H,35,42)(H,36,45)(H,37,43)(H,38,44)(H4,32,33,34). The van der Waals surface area contributed by atoms with E-state index in [2.05, 4.69) is 26.3 Å². The van der Waals surface area contributed by atoms with E-state index in [4.69, 9.17) is 20.6 Å². The number of anilines is 1. The van der Waals surface area contributed by atoms with Gasteiger partial charge in [-0.25, -0.2) is 9.59 Å². The van der Waals surface area contributed by atoms with Gasteiger partial charge in [0.05, 0.1) is 6.54 Å². The number of benzene rings is 1. The highest BCUT2D eigenvalue weighted by atomic mass is 16.6. The van der Waals surface area contributed by atoms with Gasteiger partial charge in [0, 0.05) is 36.3 Å². The molecule has 8 N–H and O–H groups in total. The maximum Gasteiger partial charge on any atom is 0.408 e. The molecule has 1 aromatic carbocycles. The van der Waals surface area contributed by atoms with Crippen LogP contribution >= 0.6 is 0 Å². The maximum absolute atomic E-state index is 13.4. The van der Waals surface area contributed by atoms with E-state index in [1.54, 1.807) is 39.8 Å². The van der Waals surface area contributed by atoms with Gasteiger partial charge < -0.3 is 46.8 Å². The Morgan fingerprint density at radius 1 is 1.11 bits per heavy atom. The Morgan fingerprint density at radius 3 is 2.51 bits per heavy atom. The number of rotatable bonds is 12. The number of alkyl carbamates (subject to hydrolysis) is 1. The molecule has 3 unspecified atom stereocenters. The number of aliphatic imine (C=N–C) groups is 1. The summed E-state index contributed by atoms with van der Waals surface area (Å²) < 4.78 is 10.4. The smallest absolute Gasteiger partial charge is 0.408 e. The van der Waals surface area contributed by atoms with Crippen molar-refractivity contribution >= 4 is 52.3 Å². The molecule has 1 saturated heterocycles. The largest absolute Gasteiger partial charge is 0.444 e. The third-order valence-corrected chi connectivity index (χ3v) is 7.21. The number of nitrogens with one attached hydrogen (secondary N) is 4. The maximum atomic E-state index is 13.4. The van der Waals surface area contributed by atoms with Crippen molar-refractivity contribution in [3.8, 4) is 0 Å². The molecule has 0 saturated carbocycles. The molecular weight excluding hydrogens is 612 g/mol. The molecule has 3 rings (SSSR count). The Hall–Kier alpha value is -5.15. The third-order valence-electron chi connectivity index (χ3n) is 7.21. The van der Waals surface area contributed by atoms with Gasteiger partial charge in [-0.15, -0.1) is 0 Å². The van der Waals surface area contributed by atoms with E-state index in [-0.39, 0.29) is 25.5 Å². The van der Waals surface area contributed by atoms with E-state index in [9.17, 15) is 28.8 Å². The van der Waals surface area contributed by atoms with Crippen LogP contribution in [0.4, 0.5) is 10.5 Å². The molecule has 2 heterocycles. The molecule has 16 heteroatoms. The molecule has 1 aliphatic heterocycles. The summed E-state index contributed by atoms with van der Waals surface area (Å²) in [5.74, 6) is -2.28. The minimum absolute atomic E-state index is 0.106. The number of amides is 5. The molecule has 2 aromatic rings. The topological polar surface area (TPSA) is 241 Å². The van der Waals surface area contributed by atoms with Gasteiger partial charge in [-0.3, -0.25) is 24.2 Å². The fourth-order valence-corrected chi connectivity index (χ4v) is 4.98. The zero-order valence-corrected chi connectivity index (χ0v) is 27.3. The summed E-state index contributed by atoms with van der Waals surface area (Å²) in [6, 6.07) is 3.40. The minimum Gasteiger partial charge on any atom is -0.444 e. The zero-order chi connectivity index (χ0) is 34.9. The average molecular weight is 657 g/mol. The number of nitrogens with zero attached hydrogens (tertiary/aromatic N) is 2. The Balaban J connectivity index is 1.65. The highest BCUT2D eigenvalue weighted by molar-refractivity contribution is 6.00. The molecule has 16 nitrogen and oxygen atoms in total. The first-order valence-electron chi connectivity index (χ1n) is 15.3. The predicted octanol–water partition coefficient (Wildman–Crippen LogP) is 0.599. The first kappa shape index (κ1) is 36.3. The molecular formula is C31H44N8O8. The van der Waals surface area contributed by atoms with Crippen molar-refractivity contribution in [2.45, 2.75) is 84.0 Å². The van der Waals surface area contributed by atoms with Crippen LogP contribution in [0.3, 0.4) is 0 Å². The molecule has 0 radical (unpaired) electrons. The summed E-state index contributed by atoms with van der Waals surface area (Å²) in [4.78, 5) is 81.5. The van der Waals surface area contributed by atoms with Gasteiger partial charge in [-0.1, -0.05) is 0 Å². The van der Waals surface area contributed by atoms with Gasteiger partial charge in [0.15, 0.2) is 5.96 Å². The first-order valence-corrected chi connectivity index (χ1v) is 15.3. The number of hydrogen-bond donors (Lipinski definition) is 6. The predicted molar refractivity (Wildman–Crippen MR) is 174 cm³/mol. The summed E-state index contributed by atoms with van der Waals surface area (Å²) in [7, 11) is 0. The van der Waals surface area contributed by atoms with Crippen molar-refractivity contribution in [3.05, 3.63) is 40.2 Å². The van der Waals surface area contributed by atoms with Crippen molar-refractivity contribution in [1.29, 1.82) is 0 Å². The van der Waals surface area contributed by atoms with E-state index in [1.165, 1.54) is 24.0 Å². The lowest BCUT2D eigenvalue weighted by Gasteiger charge is -2.27. The Kier molecular flexibility index (Phi) is 12.3. The van der Waals surface area contributed by atoms with Gasteiger partial charge in [0.1, 0.15) is 29.3 Å². The lowest BCUT2D eigenvalue weighted by Crippen LogP contribution is -2.54.